The van der Waals surface area contributed by atoms with Gasteiger partial charge in [0.05, 0.1) is 0 Å². The monoisotopic (exact) mass is 212 g/mol. The molecule has 0 aliphatic heterocycles. The molecule has 1 aromatic rings. The van der Waals surface area contributed by atoms with Gasteiger partial charge in [0.15, 0.2) is 5.82 Å². The van der Waals surface area contributed by atoms with Crippen LogP contribution in [-0.2, 0) is 0 Å². The van der Waals surface area contributed by atoms with E-state index in [0.29, 0.717) is 17.6 Å². The molecule has 4 heteroatoms. The highest BCUT2D eigenvalue weighted by molar-refractivity contribution is 4.95. The molecule has 0 bridgehead atoms. The van der Waals surface area contributed by atoms with Crippen molar-refractivity contribution in [3.63, 3.8) is 0 Å². The summed E-state index contributed by atoms with van der Waals surface area (Å²) in [7, 11) is 0. The summed E-state index contributed by atoms with van der Waals surface area (Å²) in [5.41, 5.74) is 0. The van der Waals surface area contributed by atoms with Crippen molar-refractivity contribution in [2.24, 2.45) is 0 Å². The van der Waals surface area contributed by atoms with Crippen LogP contribution >= 0.6 is 0 Å². The fraction of sp³-hybridized carbons (Fsp3) is 0.818. The lowest BCUT2D eigenvalue weighted by atomic mass is 9.98. The van der Waals surface area contributed by atoms with E-state index in [9.17, 15) is 5.11 Å². The minimum Gasteiger partial charge on any atom is -0.385 e. The van der Waals surface area contributed by atoms with Crippen LogP contribution in [0.15, 0.2) is 4.52 Å². The van der Waals surface area contributed by atoms with Gasteiger partial charge in [0.1, 0.15) is 6.10 Å². The number of aliphatic hydroxyl groups is 1. The Kier molecular flexibility index (Phi) is 4.75. The number of hydrogen-bond acceptors (Lipinski definition) is 4. The standard InChI is InChI=1S/C11H20N2O2/c1-4-6-9(7-5-2)11-12-10(8(3)14)13-15-11/h8-9,14H,4-7H2,1-3H3. The molecular weight excluding hydrogens is 192 g/mol. The van der Waals surface area contributed by atoms with Crippen molar-refractivity contribution in [3.8, 4) is 0 Å². The molecule has 1 heterocycles. The predicted molar refractivity (Wildman–Crippen MR) is 57.5 cm³/mol. The van der Waals surface area contributed by atoms with Crippen LogP contribution in [0.3, 0.4) is 0 Å². The Morgan fingerprint density at radius 1 is 1.27 bits per heavy atom. The van der Waals surface area contributed by atoms with Gasteiger partial charge in [0.25, 0.3) is 0 Å². The molecule has 0 aliphatic rings. The molecule has 0 aliphatic carbocycles. The van der Waals surface area contributed by atoms with Crippen LogP contribution in [0.4, 0.5) is 0 Å². The minimum atomic E-state index is -0.647. The largest absolute Gasteiger partial charge is 0.385 e. The second-order valence-corrected chi connectivity index (χ2v) is 3.94. The lowest BCUT2D eigenvalue weighted by Gasteiger charge is -2.08. The van der Waals surface area contributed by atoms with Crippen LogP contribution in [0.2, 0.25) is 0 Å². The minimum absolute atomic E-state index is 0.347. The van der Waals surface area contributed by atoms with Gasteiger partial charge in [-0.15, -0.1) is 0 Å². The van der Waals surface area contributed by atoms with Gasteiger partial charge >= 0.3 is 0 Å². The van der Waals surface area contributed by atoms with Gasteiger partial charge in [-0.2, -0.15) is 4.98 Å². The first-order valence-corrected chi connectivity index (χ1v) is 5.70. The average molecular weight is 212 g/mol. The SMILES string of the molecule is CCCC(CCC)c1nc(C(C)O)no1. The van der Waals surface area contributed by atoms with Crippen molar-refractivity contribution >= 4 is 0 Å². The molecule has 1 N–H and O–H groups in total. The normalized spacial score (nSPS) is 13.4. The van der Waals surface area contributed by atoms with Gasteiger partial charge in [0, 0.05) is 5.92 Å². The van der Waals surface area contributed by atoms with Crippen LogP contribution in [0.5, 0.6) is 0 Å². The number of hydrogen-bond donors (Lipinski definition) is 1. The summed E-state index contributed by atoms with van der Waals surface area (Å²) in [4.78, 5) is 4.22. The molecule has 0 saturated heterocycles. The van der Waals surface area contributed by atoms with Crippen molar-refractivity contribution in [3.05, 3.63) is 11.7 Å². The van der Waals surface area contributed by atoms with E-state index in [2.05, 4.69) is 24.0 Å². The highest BCUT2D eigenvalue weighted by atomic mass is 16.5. The van der Waals surface area contributed by atoms with Gasteiger partial charge in [0.2, 0.25) is 5.89 Å². The smallest absolute Gasteiger partial charge is 0.229 e. The molecule has 0 fully saturated rings. The van der Waals surface area contributed by atoms with E-state index in [1.165, 1.54) is 0 Å². The fourth-order valence-corrected chi connectivity index (χ4v) is 1.67. The molecule has 0 aromatic carbocycles. The first-order chi connectivity index (χ1) is 7.19. The number of rotatable bonds is 6. The molecule has 1 unspecified atom stereocenters. The van der Waals surface area contributed by atoms with E-state index in [4.69, 9.17) is 4.52 Å². The Morgan fingerprint density at radius 2 is 1.87 bits per heavy atom. The summed E-state index contributed by atoms with van der Waals surface area (Å²) in [6, 6.07) is 0. The molecule has 0 spiro atoms. The molecular formula is C11H20N2O2. The third kappa shape index (κ3) is 3.30. The quantitative estimate of drug-likeness (QED) is 0.787. The molecule has 0 saturated carbocycles. The van der Waals surface area contributed by atoms with Crippen LogP contribution in [-0.4, -0.2) is 15.2 Å². The van der Waals surface area contributed by atoms with Crippen molar-refractivity contribution in [1.82, 2.24) is 10.1 Å². The third-order valence-corrected chi connectivity index (χ3v) is 2.45. The Bertz CT molecular complexity index is 278. The molecule has 1 aromatic heterocycles. The van der Waals surface area contributed by atoms with Gasteiger partial charge in [-0.1, -0.05) is 31.8 Å². The molecule has 1 atom stereocenters. The molecule has 0 radical (unpaired) electrons. The fourth-order valence-electron chi connectivity index (χ4n) is 1.67. The topological polar surface area (TPSA) is 59.2 Å². The van der Waals surface area contributed by atoms with Crippen molar-refractivity contribution < 1.29 is 9.63 Å². The van der Waals surface area contributed by atoms with E-state index in [1.54, 1.807) is 6.92 Å². The molecule has 86 valence electrons. The summed E-state index contributed by atoms with van der Waals surface area (Å²) in [5, 5.41) is 13.1. The van der Waals surface area contributed by atoms with Gasteiger partial charge < -0.3 is 9.63 Å². The van der Waals surface area contributed by atoms with Crippen LogP contribution in [0.25, 0.3) is 0 Å². The Labute approximate surface area is 90.7 Å². The lowest BCUT2D eigenvalue weighted by molar-refractivity contribution is 0.184. The molecule has 15 heavy (non-hydrogen) atoms. The highest BCUT2D eigenvalue weighted by Crippen LogP contribution is 2.25. The van der Waals surface area contributed by atoms with Gasteiger partial charge in [-0.3, -0.25) is 0 Å². The van der Waals surface area contributed by atoms with E-state index >= 15 is 0 Å². The number of nitrogens with zero attached hydrogens (tertiary/aromatic N) is 2. The van der Waals surface area contributed by atoms with Gasteiger partial charge in [-0.05, 0) is 19.8 Å². The van der Waals surface area contributed by atoms with Crippen LogP contribution in [0.1, 0.15) is 70.2 Å². The number of aliphatic hydroxyl groups excluding tert-OH is 1. The molecule has 1 rings (SSSR count). The second kappa shape index (κ2) is 5.85. The van der Waals surface area contributed by atoms with Crippen LogP contribution in [0, 0.1) is 0 Å². The molecule has 0 amide bonds. The highest BCUT2D eigenvalue weighted by Gasteiger charge is 2.18. The first-order valence-electron chi connectivity index (χ1n) is 5.70. The number of aromatic nitrogens is 2. The zero-order valence-corrected chi connectivity index (χ0v) is 9.73. The maximum atomic E-state index is 9.29. The lowest BCUT2D eigenvalue weighted by Crippen LogP contribution is -2.00. The first kappa shape index (κ1) is 12.2. The summed E-state index contributed by atoms with van der Waals surface area (Å²) < 4.78 is 5.17. The zero-order chi connectivity index (χ0) is 11.3. The van der Waals surface area contributed by atoms with E-state index in [1.807, 2.05) is 0 Å². The van der Waals surface area contributed by atoms with Crippen LogP contribution < -0.4 is 0 Å². The van der Waals surface area contributed by atoms with Crippen molar-refractivity contribution in [2.45, 2.75) is 58.5 Å². The summed E-state index contributed by atoms with van der Waals surface area (Å²) >= 11 is 0. The Balaban J connectivity index is 2.72. The van der Waals surface area contributed by atoms with Crippen molar-refractivity contribution in [2.75, 3.05) is 0 Å². The summed E-state index contributed by atoms with van der Waals surface area (Å²) in [6.45, 7) is 5.94. The summed E-state index contributed by atoms with van der Waals surface area (Å²) in [6.07, 6.45) is 3.70. The maximum Gasteiger partial charge on any atom is 0.229 e. The zero-order valence-electron chi connectivity index (χ0n) is 9.73. The third-order valence-electron chi connectivity index (χ3n) is 2.45. The average Bonchev–Trinajstić information content (AvgIpc) is 2.66. The Hall–Kier alpha value is -0.900. The second-order valence-electron chi connectivity index (χ2n) is 3.94. The summed E-state index contributed by atoms with van der Waals surface area (Å²) in [5.74, 6) is 1.41. The van der Waals surface area contributed by atoms with E-state index in [0.717, 1.165) is 25.7 Å². The maximum absolute atomic E-state index is 9.29. The van der Waals surface area contributed by atoms with E-state index < -0.39 is 6.10 Å². The van der Waals surface area contributed by atoms with Gasteiger partial charge in [-0.25, -0.2) is 0 Å². The predicted octanol–water partition coefficient (Wildman–Crippen LogP) is 2.81. The molecule has 4 nitrogen and oxygen atoms in total. The van der Waals surface area contributed by atoms with E-state index in [-0.39, 0.29) is 0 Å². The van der Waals surface area contributed by atoms with Crippen molar-refractivity contribution in [1.29, 1.82) is 0 Å². The Morgan fingerprint density at radius 3 is 2.27 bits per heavy atom.